The summed E-state index contributed by atoms with van der Waals surface area (Å²) in [5, 5.41) is 3.69. The normalized spacial score (nSPS) is 11.0. The number of thioether (sulfide) groups is 2. The third-order valence-electron chi connectivity index (χ3n) is 3.05. The van der Waals surface area contributed by atoms with E-state index in [-0.39, 0.29) is 5.56 Å². The first-order valence-corrected chi connectivity index (χ1v) is 9.92. The van der Waals surface area contributed by atoms with Crippen LogP contribution < -0.4 is 10.9 Å². The smallest absolute Gasteiger partial charge is 0.252 e. The average Bonchev–Trinajstić information content (AvgIpc) is 2.52. The van der Waals surface area contributed by atoms with E-state index in [4.69, 9.17) is 0 Å². The maximum absolute atomic E-state index is 11.8. The van der Waals surface area contributed by atoms with Crippen molar-refractivity contribution < 1.29 is 0 Å². The Morgan fingerprint density at radius 1 is 1.22 bits per heavy atom. The van der Waals surface area contributed by atoms with E-state index >= 15 is 0 Å². The second-order valence-electron chi connectivity index (χ2n) is 5.40. The van der Waals surface area contributed by atoms with Crippen LogP contribution in [-0.4, -0.2) is 21.0 Å². The van der Waals surface area contributed by atoms with Gasteiger partial charge >= 0.3 is 0 Å². The number of benzene rings is 1. The second kappa shape index (κ2) is 9.03. The van der Waals surface area contributed by atoms with Crippen molar-refractivity contribution in [2.24, 2.45) is 0 Å². The van der Waals surface area contributed by atoms with Gasteiger partial charge in [-0.25, -0.2) is 4.98 Å². The first-order chi connectivity index (χ1) is 11.1. The predicted molar refractivity (Wildman–Crippen MR) is 103 cm³/mol. The number of hydrogen-bond donors (Lipinski definition) is 2. The molecule has 4 nitrogen and oxygen atoms in total. The van der Waals surface area contributed by atoms with E-state index < -0.39 is 0 Å². The van der Waals surface area contributed by atoms with Gasteiger partial charge in [0.15, 0.2) is 0 Å². The number of nitrogens with one attached hydrogen (secondary N) is 2. The summed E-state index contributed by atoms with van der Waals surface area (Å²) in [7, 11) is 0. The molecule has 0 atom stereocenters. The minimum absolute atomic E-state index is 0.127. The maximum Gasteiger partial charge on any atom is 0.252 e. The third kappa shape index (κ3) is 6.31. The Morgan fingerprint density at radius 2 is 1.96 bits per heavy atom. The van der Waals surface area contributed by atoms with Crippen molar-refractivity contribution in [2.75, 3.05) is 11.1 Å². The molecule has 0 saturated heterocycles. The highest BCUT2D eigenvalue weighted by Gasteiger charge is 2.04. The van der Waals surface area contributed by atoms with Crippen LogP contribution in [0.2, 0.25) is 0 Å². The van der Waals surface area contributed by atoms with Gasteiger partial charge < -0.3 is 5.32 Å². The lowest BCUT2D eigenvalue weighted by Crippen LogP contribution is -2.12. The lowest BCUT2D eigenvalue weighted by Gasteiger charge is -2.09. The van der Waals surface area contributed by atoms with Gasteiger partial charge in [-0.1, -0.05) is 32.9 Å². The Bertz CT molecular complexity index is 668. The predicted octanol–water partition coefficient (Wildman–Crippen LogP) is 4.41. The molecular weight excluding hydrogens is 326 g/mol. The molecule has 0 saturated carbocycles. The van der Waals surface area contributed by atoms with Crippen LogP contribution in [0.3, 0.4) is 0 Å². The zero-order chi connectivity index (χ0) is 16.7. The zero-order valence-corrected chi connectivity index (χ0v) is 15.4. The number of aromatic amines is 1. The van der Waals surface area contributed by atoms with Gasteiger partial charge in [0.25, 0.3) is 5.56 Å². The summed E-state index contributed by atoms with van der Waals surface area (Å²) in [6.45, 7) is 6.43. The summed E-state index contributed by atoms with van der Waals surface area (Å²) in [6, 6.07) is 9.79. The molecule has 0 radical (unpaired) electrons. The van der Waals surface area contributed by atoms with Crippen LogP contribution in [0.15, 0.2) is 35.1 Å². The molecule has 1 heterocycles. The molecule has 0 aliphatic heterocycles. The topological polar surface area (TPSA) is 57.8 Å². The van der Waals surface area contributed by atoms with E-state index in [9.17, 15) is 4.79 Å². The summed E-state index contributed by atoms with van der Waals surface area (Å²) in [5.41, 5.74) is 2.89. The average molecular weight is 350 g/mol. The van der Waals surface area contributed by atoms with Crippen LogP contribution in [0.5, 0.6) is 0 Å². The number of rotatable bonds is 8. The molecule has 2 aromatic rings. The molecule has 0 unspecified atom stereocenters. The Morgan fingerprint density at radius 3 is 2.61 bits per heavy atom. The van der Waals surface area contributed by atoms with Gasteiger partial charge in [0.2, 0.25) is 5.95 Å². The van der Waals surface area contributed by atoms with Crippen molar-refractivity contribution in [3.05, 3.63) is 51.9 Å². The van der Waals surface area contributed by atoms with Crippen LogP contribution in [-0.2, 0) is 11.5 Å². The molecule has 2 rings (SSSR count). The van der Waals surface area contributed by atoms with Crippen molar-refractivity contribution in [3.63, 3.8) is 0 Å². The quantitative estimate of drug-likeness (QED) is 0.739. The van der Waals surface area contributed by atoms with Crippen molar-refractivity contribution in [1.82, 2.24) is 9.97 Å². The van der Waals surface area contributed by atoms with Crippen LogP contribution in [0.25, 0.3) is 0 Å². The van der Waals surface area contributed by atoms with E-state index in [0.29, 0.717) is 11.2 Å². The fourth-order valence-electron chi connectivity index (χ4n) is 1.93. The lowest BCUT2D eigenvalue weighted by atomic mass is 10.2. The molecule has 0 aliphatic rings. The number of aromatic nitrogens is 2. The molecular formula is C17H23N3OS2. The molecule has 124 valence electrons. The minimum atomic E-state index is -0.127. The molecule has 1 aromatic carbocycles. The van der Waals surface area contributed by atoms with Crippen molar-refractivity contribution in [2.45, 2.75) is 37.5 Å². The molecule has 0 amide bonds. The second-order valence-corrected chi connectivity index (χ2v) is 8.24. The summed E-state index contributed by atoms with van der Waals surface area (Å²) >= 11 is 3.67. The van der Waals surface area contributed by atoms with E-state index in [0.717, 1.165) is 28.6 Å². The molecule has 23 heavy (non-hydrogen) atoms. The molecule has 6 heteroatoms. The first-order valence-electron chi connectivity index (χ1n) is 7.72. The Hall–Kier alpha value is -1.40. The summed E-state index contributed by atoms with van der Waals surface area (Å²) in [6.07, 6.45) is 0. The van der Waals surface area contributed by atoms with E-state index in [2.05, 4.69) is 48.2 Å². The van der Waals surface area contributed by atoms with E-state index in [1.54, 1.807) is 17.8 Å². The molecule has 0 aliphatic carbocycles. The summed E-state index contributed by atoms with van der Waals surface area (Å²) < 4.78 is 0. The van der Waals surface area contributed by atoms with E-state index in [1.165, 1.54) is 5.56 Å². The standard InChI is InChI=1S/C17H23N3OS2/c1-4-22-10-13-5-7-14(8-6-13)18-17-19-15(9-16(21)20-17)11-23-12(2)3/h5-9,12H,4,10-11H2,1-3H3,(H2,18,19,20,21). The minimum Gasteiger partial charge on any atom is -0.326 e. The van der Waals surface area contributed by atoms with Gasteiger partial charge in [-0.2, -0.15) is 23.5 Å². The zero-order valence-electron chi connectivity index (χ0n) is 13.8. The third-order valence-corrected chi connectivity index (χ3v) is 5.12. The molecule has 0 fully saturated rings. The van der Waals surface area contributed by atoms with Crippen LogP contribution in [0.1, 0.15) is 32.0 Å². The largest absolute Gasteiger partial charge is 0.326 e. The number of nitrogens with zero attached hydrogens (tertiary/aromatic N) is 1. The van der Waals surface area contributed by atoms with Gasteiger partial charge in [0.05, 0.1) is 5.69 Å². The summed E-state index contributed by atoms with van der Waals surface area (Å²) in [5.74, 6) is 3.37. The van der Waals surface area contributed by atoms with Gasteiger partial charge in [-0.3, -0.25) is 9.78 Å². The lowest BCUT2D eigenvalue weighted by molar-refractivity contribution is 1.05. The van der Waals surface area contributed by atoms with Gasteiger partial charge in [-0.05, 0) is 28.7 Å². The first kappa shape index (κ1) is 17.9. The van der Waals surface area contributed by atoms with E-state index in [1.807, 2.05) is 23.9 Å². The Balaban J connectivity index is 2.05. The number of hydrogen-bond acceptors (Lipinski definition) is 5. The van der Waals surface area contributed by atoms with Gasteiger partial charge in [-0.15, -0.1) is 0 Å². The number of anilines is 2. The van der Waals surface area contributed by atoms with Crippen molar-refractivity contribution >= 4 is 35.2 Å². The monoisotopic (exact) mass is 349 g/mol. The van der Waals surface area contributed by atoms with Crippen molar-refractivity contribution in [3.8, 4) is 0 Å². The van der Waals surface area contributed by atoms with Crippen LogP contribution in [0, 0.1) is 0 Å². The number of H-pyrrole nitrogens is 1. The van der Waals surface area contributed by atoms with Gasteiger partial charge in [0.1, 0.15) is 0 Å². The molecule has 2 N–H and O–H groups in total. The fourth-order valence-corrected chi connectivity index (χ4v) is 3.22. The fraction of sp³-hybridized carbons (Fsp3) is 0.412. The SMILES string of the molecule is CCSCc1ccc(Nc2nc(CSC(C)C)cc(=O)[nH]2)cc1. The van der Waals surface area contributed by atoms with Crippen LogP contribution >= 0.6 is 23.5 Å². The molecule has 1 aromatic heterocycles. The highest BCUT2D eigenvalue weighted by atomic mass is 32.2. The Kier molecular flexibility index (Phi) is 7.05. The Labute approximate surface area is 145 Å². The molecule has 0 bridgehead atoms. The van der Waals surface area contributed by atoms with Gasteiger partial charge in [0, 0.05) is 23.3 Å². The van der Waals surface area contributed by atoms with Crippen molar-refractivity contribution in [1.29, 1.82) is 0 Å². The highest BCUT2D eigenvalue weighted by Crippen LogP contribution is 2.18. The highest BCUT2D eigenvalue weighted by molar-refractivity contribution is 7.99. The van der Waals surface area contributed by atoms with Crippen LogP contribution in [0.4, 0.5) is 11.6 Å². The summed E-state index contributed by atoms with van der Waals surface area (Å²) in [4.78, 5) is 19.0. The maximum atomic E-state index is 11.8. The molecule has 0 spiro atoms.